The highest BCUT2D eigenvalue weighted by molar-refractivity contribution is 6.42. The van der Waals surface area contributed by atoms with Crippen molar-refractivity contribution in [3.63, 3.8) is 0 Å². The van der Waals surface area contributed by atoms with Crippen LogP contribution in [0.3, 0.4) is 0 Å². The van der Waals surface area contributed by atoms with Crippen molar-refractivity contribution in [2.45, 2.75) is 19.8 Å². The number of aromatic nitrogens is 2. The van der Waals surface area contributed by atoms with E-state index in [0.717, 1.165) is 5.56 Å². The van der Waals surface area contributed by atoms with Crippen molar-refractivity contribution in [3.05, 3.63) is 55.5 Å². The molecule has 0 fully saturated rings. The van der Waals surface area contributed by atoms with Gasteiger partial charge in [0.05, 0.1) is 15.6 Å². The van der Waals surface area contributed by atoms with E-state index >= 15 is 0 Å². The van der Waals surface area contributed by atoms with Gasteiger partial charge in [0.25, 0.3) is 5.56 Å². The first-order valence-corrected chi connectivity index (χ1v) is 6.58. The van der Waals surface area contributed by atoms with E-state index in [0.29, 0.717) is 34.3 Å². The van der Waals surface area contributed by atoms with Crippen LogP contribution in [0.5, 0.6) is 0 Å². The normalized spacial score (nSPS) is 10.7. The van der Waals surface area contributed by atoms with Crippen molar-refractivity contribution >= 4 is 29.0 Å². The molecule has 1 aromatic carbocycles. The van der Waals surface area contributed by atoms with Crippen LogP contribution in [0.15, 0.2) is 23.0 Å². The Morgan fingerprint density at radius 3 is 2.63 bits per heavy atom. The van der Waals surface area contributed by atoms with Crippen LogP contribution >= 0.6 is 23.2 Å². The van der Waals surface area contributed by atoms with Crippen molar-refractivity contribution in [1.82, 2.24) is 9.97 Å². The molecule has 0 aliphatic carbocycles. The molecule has 0 saturated carbocycles. The maximum Gasteiger partial charge on any atom is 0.256 e. The molecule has 0 unspecified atom stereocenters. The second-order valence-corrected chi connectivity index (χ2v) is 4.97. The number of aromatic amines is 1. The predicted molar refractivity (Wildman–Crippen MR) is 77.9 cm³/mol. The van der Waals surface area contributed by atoms with E-state index in [-0.39, 0.29) is 11.4 Å². The van der Waals surface area contributed by atoms with E-state index in [1.807, 2.05) is 13.0 Å². The van der Waals surface area contributed by atoms with Crippen molar-refractivity contribution in [3.8, 4) is 0 Å². The van der Waals surface area contributed by atoms with Gasteiger partial charge in [-0.1, -0.05) is 36.2 Å². The molecule has 0 amide bonds. The first kappa shape index (κ1) is 13.9. The molecule has 1 aromatic heterocycles. The van der Waals surface area contributed by atoms with Crippen LogP contribution in [0.2, 0.25) is 10.0 Å². The second-order valence-electron chi connectivity index (χ2n) is 4.16. The molecule has 0 saturated heterocycles. The van der Waals surface area contributed by atoms with Crippen molar-refractivity contribution < 1.29 is 0 Å². The van der Waals surface area contributed by atoms with Crippen molar-refractivity contribution in [2.75, 3.05) is 5.73 Å². The second kappa shape index (κ2) is 5.63. The maximum atomic E-state index is 11.8. The number of hydrogen-bond donors (Lipinski definition) is 2. The Labute approximate surface area is 120 Å². The fourth-order valence-electron chi connectivity index (χ4n) is 1.83. The molecule has 4 nitrogen and oxygen atoms in total. The van der Waals surface area contributed by atoms with Crippen molar-refractivity contribution in [1.29, 1.82) is 0 Å². The zero-order valence-corrected chi connectivity index (χ0v) is 11.8. The monoisotopic (exact) mass is 297 g/mol. The van der Waals surface area contributed by atoms with E-state index in [4.69, 9.17) is 28.9 Å². The zero-order valence-electron chi connectivity index (χ0n) is 10.3. The Morgan fingerprint density at radius 2 is 2.05 bits per heavy atom. The lowest BCUT2D eigenvalue weighted by molar-refractivity contribution is 0.916. The first-order chi connectivity index (χ1) is 9.01. The van der Waals surface area contributed by atoms with Gasteiger partial charge in [-0.05, 0) is 24.1 Å². The third kappa shape index (κ3) is 3.08. The molecular weight excluding hydrogens is 285 g/mol. The summed E-state index contributed by atoms with van der Waals surface area (Å²) in [5.74, 6) is 0.791. The van der Waals surface area contributed by atoms with Gasteiger partial charge in [0.15, 0.2) is 0 Å². The SMILES string of the molecule is CCc1c(N)nc(Cc2ccc(Cl)c(Cl)c2)[nH]c1=O. The number of rotatable bonds is 3. The summed E-state index contributed by atoms with van der Waals surface area (Å²) in [6.45, 7) is 1.86. The highest BCUT2D eigenvalue weighted by Crippen LogP contribution is 2.23. The predicted octanol–water partition coefficient (Wildman–Crippen LogP) is 2.81. The zero-order chi connectivity index (χ0) is 14.0. The minimum absolute atomic E-state index is 0.190. The van der Waals surface area contributed by atoms with Crippen LogP contribution in [0.25, 0.3) is 0 Å². The summed E-state index contributed by atoms with van der Waals surface area (Å²) in [6.07, 6.45) is 1.00. The Balaban J connectivity index is 2.33. The number of hydrogen-bond acceptors (Lipinski definition) is 3. The van der Waals surface area contributed by atoms with Crippen molar-refractivity contribution in [2.24, 2.45) is 0 Å². The quantitative estimate of drug-likeness (QED) is 0.915. The Morgan fingerprint density at radius 1 is 1.32 bits per heavy atom. The fourth-order valence-corrected chi connectivity index (χ4v) is 2.15. The minimum Gasteiger partial charge on any atom is -0.383 e. The van der Waals surface area contributed by atoms with E-state index in [2.05, 4.69) is 9.97 Å². The molecule has 0 spiro atoms. The van der Waals surface area contributed by atoms with Crippen LogP contribution in [0.1, 0.15) is 23.9 Å². The van der Waals surface area contributed by atoms with Gasteiger partial charge in [0.1, 0.15) is 11.6 Å². The van der Waals surface area contributed by atoms with Gasteiger partial charge >= 0.3 is 0 Å². The Hall–Kier alpha value is -1.52. The van der Waals surface area contributed by atoms with E-state index in [1.165, 1.54) is 0 Å². The minimum atomic E-state index is -0.190. The standard InChI is InChI=1S/C13H13Cl2N3O/c1-2-8-12(16)17-11(18-13(8)19)6-7-3-4-9(14)10(15)5-7/h3-5H,2,6H2,1H3,(H3,16,17,18,19). The molecule has 2 rings (SSSR count). The number of halogens is 2. The van der Waals surface area contributed by atoms with Gasteiger partial charge < -0.3 is 10.7 Å². The summed E-state index contributed by atoms with van der Waals surface area (Å²) in [5.41, 5.74) is 6.99. The molecule has 0 atom stereocenters. The number of nitrogens with one attached hydrogen (secondary N) is 1. The summed E-state index contributed by atoms with van der Waals surface area (Å²) in [5, 5.41) is 0.965. The average Bonchev–Trinajstić information content (AvgIpc) is 2.33. The first-order valence-electron chi connectivity index (χ1n) is 5.82. The molecule has 6 heteroatoms. The molecule has 0 aliphatic rings. The van der Waals surface area contributed by atoms with E-state index < -0.39 is 0 Å². The number of nitrogen functional groups attached to an aromatic ring is 1. The molecule has 0 radical (unpaired) electrons. The number of benzene rings is 1. The maximum absolute atomic E-state index is 11.8. The molecule has 19 heavy (non-hydrogen) atoms. The van der Waals surface area contributed by atoms with E-state index in [1.54, 1.807) is 12.1 Å². The summed E-state index contributed by atoms with van der Waals surface area (Å²) in [4.78, 5) is 18.7. The Kier molecular flexibility index (Phi) is 4.12. The van der Waals surface area contributed by atoms with Crippen LogP contribution in [0.4, 0.5) is 5.82 Å². The van der Waals surface area contributed by atoms with E-state index in [9.17, 15) is 4.79 Å². The van der Waals surface area contributed by atoms with Gasteiger partial charge in [-0.25, -0.2) is 4.98 Å². The topological polar surface area (TPSA) is 71.8 Å². The number of anilines is 1. The molecule has 0 bridgehead atoms. The molecule has 3 N–H and O–H groups in total. The molecule has 100 valence electrons. The lowest BCUT2D eigenvalue weighted by Crippen LogP contribution is -2.19. The lowest BCUT2D eigenvalue weighted by atomic mass is 10.1. The molecule has 0 aliphatic heterocycles. The number of nitrogens with zero attached hydrogens (tertiary/aromatic N) is 1. The average molecular weight is 298 g/mol. The van der Waals surface area contributed by atoms with Gasteiger partial charge in [-0.3, -0.25) is 4.79 Å². The lowest BCUT2D eigenvalue weighted by Gasteiger charge is -2.06. The van der Waals surface area contributed by atoms with Gasteiger partial charge in [0, 0.05) is 6.42 Å². The van der Waals surface area contributed by atoms with Gasteiger partial charge in [-0.2, -0.15) is 0 Å². The summed E-state index contributed by atoms with van der Waals surface area (Å²) >= 11 is 11.8. The van der Waals surface area contributed by atoms with Crippen LogP contribution in [-0.4, -0.2) is 9.97 Å². The number of H-pyrrole nitrogens is 1. The fraction of sp³-hybridized carbons (Fsp3) is 0.231. The summed E-state index contributed by atoms with van der Waals surface area (Å²) in [6, 6.07) is 5.28. The largest absolute Gasteiger partial charge is 0.383 e. The van der Waals surface area contributed by atoms with Crippen LogP contribution < -0.4 is 11.3 Å². The molecule has 2 aromatic rings. The van der Waals surface area contributed by atoms with Crippen LogP contribution in [-0.2, 0) is 12.8 Å². The van der Waals surface area contributed by atoms with Gasteiger partial charge in [0.2, 0.25) is 0 Å². The summed E-state index contributed by atoms with van der Waals surface area (Å²) in [7, 11) is 0. The third-order valence-corrected chi connectivity index (χ3v) is 3.54. The highest BCUT2D eigenvalue weighted by Gasteiger charge is 2.08. The van der Waals surface area contributed by atoms with Gasteiger partial charge in [-0.15, -0.1) is 0 Å². The number of nitrogens with two attached hydrogens (primary N) is 1. The molecule has 1 heterocycles. The smallest absolute Gasteiger partial charge is 0.256 e. The third-order valence-electron chi connectivity index (χ3n) is 2.81. The summed E-state index contributed by atoms with van der Waals surface area (Å²) < 4.78 is 0. The van der Waals surface area contributed by atoms with Crippen LogP contribution in [0, 0.1) is 0 Å². The highest BCUT2D eigenvalue weighted by atomic mass is 35.5. The Bertz CT molecular complexity index is 667. The molecular formula is C13H13Cl2N3O.